The van der Waals surface area contributed by atoms with E-state index >= 15 is 0 Å². The molecule has 0 bridgehead atoms. The number of carbonyl (C=O) groups is 1. The van der Waals surface area contributed by atoms with Crippen molar-refractivity contribution in [3.05, 3.63) is 70.2 Å². The van der Waals surface area contributed by atoms with Crippen molar-refractivity contribution in [1.82, 2.24) is 5.32 Å². The lowest BCUT2D eigenvalue weighted by atomic mass is 10.1. The van der Waals surface area contributed by atoms with Crippen molar-refractivity contribution >= 4 is 29.1 Å². The Labute approximate surface area is 128 Å². The number of benzene rings is 2. The van der Waals surface area contributed by atoms with Gasteiger partial charge in [0.25, 0.3) is 5.91 Å². The molecule has 2 nitrogen and oxygen atoms in total. The van der Waals surface area contributed by atoms with Crippen molar-refractivity contribution in [3.63, 3.8) is 0 Å². The van der Waals surface area contributed by atoms with Gasteiger partial charge in [-0.1, -0.05) is 41.9 Å². The van der Waals surface area contributed by atoms with E-state index in [9.17, 15) is 4.79 Å². The molecule has 0 spiro atoms. The van der Waals surface area contributed by atoms with Gasteiger partial charge in [-0.3, -0.25) is 4.79 Å². The van der Waals surface area contributed by atoms with Crippen molar-refractivity contribution < 1.29 is 4.79 Å². The summed E-state index contributed by atoms with van der Waals surface area (Å²) in [6.45, 7) is 1.91. The van der Waals surface area contributed by atoms with Gasteiger partial charge in [0.15, 0.2) is 0 Å². The summed E-state index contributed by atoms with van der Waals surface area (Å²) in [4.78, 5) is 12.2. The third kappa shape index (κ3) is 3.53. The number of carbonyl (C=O) groups excluding carboxylic acids is 1. The second kappa shape index (κ2) is 6.78. The number of amides is 1. The smallest absolute Gasteiger partial charge is 0.251 e. The van der Waals surface area contributed by atoms with E-state index < -0.39 is 0 Å². The minimum absolute atomic E-state index is 0.126. The Morgan fingerprint density at radius 3 is 2.40 bits per heavy atom. The summed E-state index contributed by atoms with van der Waals surface area (Å²) in [6, 6.07) is 14.6. The fourth-order valence-corrected chi connectivity index (χ4v) is 2.41. The van der Waals surface area contributed by atoms with Gasteiger partial charge in [-0.05, 0) is 36.2 Å². The van der Waals surface area contributed by atoms with Crippen LogP contribution in [0.3, 0.4) is 0 Å². The van der Waals surface area contributed by atoms with Crippen LogP contribution in [-0.2, 0) is 5.88 Å². The molecular weight excluding hydrogens is 293 g/mol. The third-order valence-electron chi connectivity index (χ3n) is 3.09. The molecule has 20 heavy (non-hydrogen) atoms. The Morgan fingerprint density at radius 1 is 1.15 bits per heavy atom. The zero-order chi connectivity index (χ0) is 14.5. The van der Waals surface area contributed by atoms with Crippen LogP contribution < -0.4 is 5.32 Å². The fourth-order valence-electron chi connectivity index (χ4n) is 1.93. The Morgan fingerprint density at radius 2 is 1.80 bits per heavy atom. The van der Waals surface area contributed by atoms with E-state index in [1.54, 1.807) is 12.1 Å². The second-order valence-electron chi connectivity index (χ2n) is 4.55. The van der Waals surface area contributed by atoms with Crippen LogP contribution >= 0.6 is 23.2 Å². The molecule has 0 saturated heterocycles. The quantitative estimate of drug-likeness (QED) is 0.824. The molecule has 0 aliphatic heterocycles. The van der Waals surface area contributed by atoms with Gasteiger partial charge in [-0.15, -0.1) is 11.6 Å². The van der Waals surface area contributed by atoms with Crippen LogP contribution in [0.2, 0.25) is 5.02 Å². The highest BCUT2D eigenvalue weighted by molar-refractivity contribution is 6.31. The predicted octanol–water partition coefficient (Wildman–Crippen LogP) is 4.57. The van der Waals surface area contributed by atoms with E-state index in [1.165, 1.54) is 0 Å². The summed E-state index contributed by atoms with van der Waals surface area (Å²) in [5, 5.41) is 3.59. The molecule has 1 amide bonds. The number of alkyl halides is 1. The van der Waals surface area contributed by atoms with Crippen LogP contribution in [0.25, 0.3) is 0 Å². The lowest BCUT2D eigenvalue weighted by Crippen LogP contribution is -2.26. The van der Waals surface area contributed by atoms with Gasteiger partial charge in [-0.25, -0.2) is 0 Å². The molecule has 0 aliphatic carbocycles. The van der Waals surface area contributed by atoms with Gasteiger partial charge in [0.2, 0.25) is 0 Å². The number of nitrogens with one attached hydrogen (secondary N) is 1. The molecule has 0 unspecified atom stereocenters. The lowest BCUT2D eigenvalue weighted by Gasteiger charge is -2.15. The maximum absolute atomic E-state index is 12.2. The largest absolute Gasteiger partial charge is 0.345 e. The Hall–Kier alpha value is -1.51. The van der Waals surface area contributed by atoms with Gasteiger partial charge < -0.3 is 5.32 Å². The van der Waals surface area contributed by atoms with Crippen LogP contribution in [0.15, 0.2) is 48.5 Å². The van der Waals surface area contributed by atoms with Crippen molar-refractivity contribution in [2.45, 2.75) is 18.8 Å². The van der Waals surface area contributed by atoms with Crippen molar-refractivity contribution in [2.75, 3.05) is 0 Å². The van der Waals surface area contributed by atoms with Crippen molar-refractivity contribution in [2.24, 2.45) is 0 Å². The minimum atomic E-state index is -0.149. The zero-order valence-electron chi connectivity index (χ0n) is 11.1. The van der Waals surface area contributed by atoms with Crippen LogP contribution in [-0.4, -0.2) is 5.91 Å². The summed E-state index contributed by atoms with van der Waals surface area (Å²) in [6.07, 6.45) is 0. The van der Waals surface area contributed by atoms with Crippen LogP contribution in [0.4, 0.5) is 0 Å². The molecule has 0 aromatic heterocycles. The number of hydrogen-bond donors (Lipinski definition) is 1. The highest BCUT2D eigenvalue weighted by Gasteiger charge is 2.13. The predicted molar refractivity (Wildman–Crippen MR) is 83.3 cm³/mol. The fraction of sp³-hybridized carbons (Fsp3) is 0.188. The molecule has 0 aliphatic rings. The Bertz CT molecular complexity index is 596. The molecule has 0 radical (unpaired) electrons. The topological polar surface area (TPSA) is 29.1 Å². The maximum Gasteiger partial charge on any atom is 0.251 e. The first-order chi connectivity index (χ1) is 9.61. The first-order valence-electron chi connectivity index (χ1n) is 6.32. The minimum Gasteiger partial charge on any atom is -0.345 e. The number of rotatable bonds is 4. The summed E-state index contributed by atoms with van der Waals surface area (Å²) >= 11 is 11.8. The number of hydrogen-bond acceptors (Lipinski definition) is 1. The highest BCUT2D eigenvalue weighted by Crippen LogP contribution is 2.22. The molecule has 2 aromatic rings. The average molecular weight is 308 g/mol. The van der Waals surface area contributed by atoms with Crippen LogP contribution in [0, 0.1) is 0 Å². The maximum atomic E-state index is 12.2. The van der Waals surface area contributed by atoms with Crippen LogP contribution in [0.5, 0.6) is 0 Å². The van der Waals surface area contributed by atoms with E-state index in [1.807, 2.05) is 43.3 Å². The monoisotopic (exact) mass is 307 g/mol. The molecule has 2 aromatic carbocycles. The molecule has 4 heteroatoms. The first-order valence-corrected chi connectivity index (χ1v) is 7.23. The summed E-state index contributed by atoms with van der Waals surface area (Å²) < 4.78 is 0. The summed E-state index contributed by atoms with van der Waals surface area (Å²) in [5.74, 6) is 0.316. The summed E-state index contributed by atoms with van der Waals surface area (Å²) in [5.41, 5.74) is 2.50. The molecule has 0 saturated carbocycles. The Balaban J connectivity index is 2.09. The lowest BCUT2D eigenvalue weighted by molar-refractivity contribution is 0.0940. The third-order valence-corrected chi connectivity index (χ3v) is 3.74. The molecular formula is C16H15Cl2NO. The van der Waals surface area contributed by atoms with E-state index in [0.717, 1.165) is 11.1 Å². The molecule has 1 atom stereocenters. The van der Waals surface area contributed by atoms with Crippen molar-refractivity contribution in [3.8, 4) is 0 Å². The van der Waals surface area contributed by atoms with Gasteiger partial charge in [0.05, 0.1) is 6.04 Å². The normalized spacial score (nSPS) is 11.9. The van der Waals surface area contributed by atoms with Crippen molar-refractivity contribution in [1.29, 1.82) is 0 Å². The zero-order valence-corrected chi connectivity index (χ0v) is 12.6. The van der Waals surface area contributed by atoms with Gasteiger partial charge in [0.1, 0.15) is 0 Å². The molecule has 2 rings (SSSR count). The molecule has 0 heterocycles. The molecule has 1 N–H and O–H groups in total. The standard InChI is InChI=1S/C16H15Cl2NO/c1-11(14-4-2-3-5-15(14)18)19-16(20)13-8-6-12(10-17)7-9-13/h2-9,11H,10H2,1H3,(H,19,20)/t11-/m1/s1. The van der Waals surface area contributed by atoms with E-state index in [2.05, 4.69) is 5.32 Å². The summed E-state index contributed by atoms with van der Waals surface area (Å²) in [7, 11) is 0. The van der Waals surface area contributed by atoms with Gasteiger partial charge >= 0.3 is 0 Å². The molecule has 0 fully saturated rings. The van der Waals surface area contributed by atoms with E-state index in [4.69, 9.17) is 23.2 Å². The SMILES string of the molecule is C[C@@H](NC(=O)c1ccc(CCl)cc1)c1ccccc1Cl. The molecule has 104 valence electrons. The average Bonchev–Trinajstić information content (AvgIpc) is 2.47. The van der Waals surface area contributed by atoms with Crippen LogP contribution in [0.1, 0.15) is 34.5 Å². The number of halogens is 2. The van der Waals surface area contributed by atoms with Gasteiger partial charge in [-0.2, -0.15) is 0 Å². The van der Waals surface area contributed by atoms with Gasteiger partial charge in [0, 0.05) is 16.5 Å². The van der Waals surface area contributed by atoms with E-state index in [0.29, 0.717) is 16.5 Å². The highest BCUT2D eigenvalue weighted by atomic mass is 35.5. The Kier molecular flexibility index (Phi) is 5.05. The first kappa shape index (κ1) is 14.9. The van der Waals surface area contributed by atoms with E-state index in [-0.39, 0.29) is 11.9 Å². The second-order valence-corrected chi connectivity index (χ2v) is 5.22.